The largest absolute Gasteiger partial charge is 0.494 e. The topological polar surface area (TPSA) is 103 Å². The van der Waals surface area contributed by atoms with Gasteiger partial charge in [0.05, 0.1) is 50.3 Å². The smallest absolute Gasteiger partial charge is 0.338 e. The van der Waals surface area contributed by atoms with Crippen LogP contribution in [0.4, 0.5) is 0 Å². The summed E-state index contributed by atoms with van der Waals surface area (Å²) in [6.45, 7) is 4.52. The Morgan fingerprint density at radius 2 is 1.71 bits per heavy atom. The van der Waals surface area contributed by atoms with Crippen LogP contribution in [-0.4, -0.2) is 23.8 Å². The van der Waals surface area contributed by atoms with Gasteiger partial charge in [0.2, 0.25) is 0 Å². The van der Waals surface area contributed by atoms with Gasteiger partial charge in [-0.25, -0.2) is 9.79 Å². The molecule has 0 unspecified atom stereocenters. The average Bonchev–Trinajstić information content (AvgIpc) is 3.42. The fraction of sp³-hybridized carbons (Fsp3) is 0.158. The van der Waals surface area contributed by atoms with E-state index in [2.05, 4.69) is 51.3 Å². The first-order valence-electron chi connectivity index (χ1n) is 15.4. The van der Waals surface area contributed by atoms with E-state index in [1.54, 1.807) is 17.6 Å². The number of nitriles is 1. The van der Waals surface area contributed by atoms with Gasteiger partial charge in [0.25, 0.3) is 5.56 Å². The van der Waals surface area contributed by atoms with Crippen LogP contribution in [0.25, 0.3) is 11.8 Å². The zero-order chi connectivity index (χ0) is 34.5. The van der Waals surface area contributed by atoms with Crippen LogP contribution in [0, 0.1) is 18.5 Å². The molecule has 246 valence electrons. The predicted octanol–water partition coefficient (Wildman–Crippen LogP) is 6.99. The van der Waals surface area contributed by atoms with Crippen molar-refractivity contribution in [3.05, 3.63) is 151 Å². The Hall–Kier alpha value is -4.26. The zero-order valence-corrected chi connectivity index (χ0v) is 31.6. The van der Waals surface area contributed by atoms with E-state index in [1.807, 2.05) is 97.9 Å². The van der Waals surface area contributed by atoms with Gasteiger partial charge < -0.3 is 14.2 Å². The Bertz CT molecular complexity index is 2290. The Morgan fingerprint density at radius 1 is 0.980 bits per heavy atom. The van der Waals surface area contributed by atoms with Crippen molar-refractivity contribution in [1.29, 1.82) is 5.26 Å². The van der Waals surface area contributed by atoms with Gasteiger partial charge in [-0.3, -0.25) is 9.36 Å². The third kappa shape index (κ3) is 7.36. The highest BCUT2D eigenvalue weighted by Gasteiger charge is 2.35. The van der Waals surface area contributed by atoms with E-state index >= 15 is 0 Å². The van der Waals surface area contributed by atoms with Gasteiger partial charge >= 0.3 is 5.97 Å². The second-order valence-corrected chi connectivity index (χ2v) is 14.2. The fourth-order valence-corrected chi connectivity index (χ4v) is 8.59. The van der Waals surface area contributed by atoms with Crippen LogP contribution in [0.5, 0.6) is 11.5 Å². The van der Waals surface area contributed by atoms with E-state index in [0.29, 0.717) is 49.8 Å². The summed E-state index contributed by atoms with van der Waals surface area (Å²) in [7, 11) is 0. The highest BCUT2D eigenvalue weighted by Crippen LogP contribution is 2.36. The molecule has 11 heteroatoms. The molecule has 1 aliphatic rings. The van der Waals surface area contributed by atoms with E-state index < -0.39 is 12.0 Å². The van der Waals surface area contributed by atoms with Gasteiger partial charge in [-0.15, -0.1) is 0 Å². The Labute approximate surface area is 314 Å². The number of esters is 1. The van der Waals surface area contributed by atoms with Gasteiger partial charge in [0.1, 0.15) is 18.1 Å². The van der Waals surface area contributed by atoms with Crippen LogP contribution < -0.4 is 24.4 Å². The first-order valence-corrected chi connectivity index (χ1v) is 18.4. The van der Waals surface area contributed by atoms with Crippen LogP contribution in [0.2, 0.25) is 0 Å². The summed E-state index contributed by atoms with van der Waals surface area (Å²) in [4.78, 5) is 33.7. The lowest BCUT2D eigenvalue weighted by atomic mass is 9.93. The lowest BCUT2D eigenvalue weighted by Gasteiger charge is -2.26. The number of carbonyl (C=O) groups is 1. The summed E-state index contributed by atoms with van der Waals surface area (Å²) >= 11 is 5.71. The molecule has 0 saturated heterocycles. The number of nitrogens with zero attached hydrogens (tertiary/aromatic N) is 3. The van der Waals surface area contributed by atoms with Crippen molar-refractivity contribution in [3.8, 4) is 17.6 Å². The molecule has 1 aliphatic heterocycles. The molecule has 6 rings (SSSR count). The molecule has 0 fully saturated rings. The molecule has 0 radical (unpaired) electrons. The van der Waals surface area contributed by atoms with E-state index in [4.69, 9.17) is 19.2 Å². The molecular weight excluding hydrogens is 864 g/mol. The van der Waals surface area contributed by atoms with Gasteiger partial charge in [-0.1, -0.05) is 72.0 Å². The lowest BCUT2D eigenvalue weighted by Crippen LogP contribution is -2.40. The molecule has 1 aromatic heterocycles. The molecule has 5 aromatic rings. The van der Waals surface area contributed by atoms with Crippen molar-refractivity contribution in [2.24, 2.45) is 4.99 Å². The maximum Gasteiger partial charge on any atom is 0.338 e. The third-order valence-electron chi connectivity index (χ3n) is 7.71. The maximum atomic E-state index is 14.5. The first kappa shape index (κ1) is 34.6. The van der Waals surface area contributed by atoms with Crippen molar-refractivity contribution in [1.82, 2.24) is 4.57 Å². The summed E-state index contributed by atoms with van der Waals surface area (Å²) < 4.78 is 21.4. The minimum atomic E-state index is -0.808. The SMILES string of the molecule is CCOC(=O)C1=C(c2ccccc2)N=c2s/c(=C\c3cc(I)cc(I)c3OCc3ccccc3C#N)c(=O)n2[C@H]1c1ccc(OCC)cc1. The molecule has 0 bridgehead atoms. The molecule has 0 N–H and O–H groups in total. The minimum Gasteiger partial charge on any atom is -0.494 e. The van der Waals surface area contributed by atoms with Gasteiger partial charge in [0.15, 0.2) is 4.80 Å². The van der Waals surface area contributed by atoms with Gasteiger partial charge in [0, 0.05) is 20.3 Å². The quantitative estimate of drug-likeness (QED) is 0.111. The second kappa shape index (κ2) is 15.5. The number of carbonyl (C=O) groups excluding carboxylic acids is 1. The van der Waals surface area contributed by atoms with Crippen molar-refractivity contribution >= 4 is 74.3 Å². The van der Waals surface area contributed by atoms with E-state index in [1.165, 1.54) is 11.3 Å². The number of aromatic nitrogens is 1. The Balaban J connectivity index is 1.55. The van der Waals surface area contributed by atoms with Crippen LogP contribution in [-0.2, 0) is 16.1 Å². The van der Waals surface area contributed by atoms with Crippen LogP contribution in [0.15, 0.2) is 106 Å². The summed E-state index contributed by atoms with van der Waals surface area (Å²) in [6.07, 6.45) is 1.81. The molecule has 8 nitrogen and oxygen atoms in total. The first-order chi connectivity index (χ1) is 23.8. The monoisotopic (exact) mass is 893 g/mol. The number of benzene rings is 4. The number of halogens is 2. The summed E-state index contributed by atoms with van der Waals surface area (Å²) in [5.74, 6) is 0.737. The zero-order valence-electron chi connectivity index (χ0n) is 26.5. The molecule has 0 spiro atoms. The molecule has 2 heterocycles. The average molecular weight is 894 g/mol. The Kier molecular flexibility index (Phi) is 11.0. The normalized spacial score (nSPS) is 14.1. The van der Waals surface area contributed by atoms with Crippen molar-refractivity contribution < 1.29 is 19.0 Å². The predicted molar refractivity (Wildman–Crippen MR) is 206 cm³/mol. The molecule has 0 amide bonds. The second-order valence-electron chi connectivity index (χ2n) is 10.8. The summed E-state index contributed by atoms with van der Waals surface area (Å²) in [5.41, 5.74) is 3.90. The molecule has 0 aliphatic carbocycles. The van der Waals surface area contributed by atoms with E-state index in [0.717, 1.165) is 18.3 Å². The number of hydrogen-bond donors (Lipinski definition) is 0. The summed E-state index contributed by atoms with van der Waals surface area (Å²) in [5, 5.41) is 9.58. The number of ether oxygens (including phenoxy) is 3. The van der Waals surface area contributed by atoms with Crippen molar-refractivity contribution in [2.45, 2.75) is 26.5 Å². The minimum absolute atomic E-state index is 0.164. The van der Waals surface area contributed by atoms with Crippen molar-refractivity contribution in [2.75, 3.05) is 13.2 Å². The third-order valence-corrected chi connectivity index (χ3v) is 10.1. The van der Waals surface area contributed by atoms with Crippen LogP contribution in [0.3, 0.4) is 0 Å². The van der Waals surface area contributed by atoms with E-state index in [9.17, 15) is 14.9 Å². The Morgan fingerprint density at radius 3 is 2.43 bits per heavy atom. The maximum absolute atomic E-state index is 14.5. The molecular formula is C38H29I2N3O5S. The van der Waals surface area contributed by atoms with Crippen molar-refractivity contribution in [3.63, 3.8) is 0 Å². The summed E-state index contributed by atoms with van der Waals surface area (Å²) in [6, 6.07) is 29.5. The van der Waals surface area contributed by atoms with Gasteiger partial charge in [-0.05, 0) is 101 Å². The van der Waals surface area contributed by atoms with Crippen LogP contribution in [0.1, 0.15) is 47.7 Å². The standard InChI is InChI=1S/C38H29I2N3O5S/c1-3-46-29-16-14-24(15-17-29)34-32(37(45)47-4-2)33(23-10-6-5-7-11-23)42-38-43(34)36(44)31(49-38)19-27-18-28(39)20-30(40)35(27)48-22-26-13-9-8-12-25(26)21-41/h5-20,34H,3-4,22H2,1-2H3/b31-19-/t34-/m0/s1. The molecule has 49 heavy (non-hydrogen) atoms. The fourth-order valence-electron chi connectivity index (χ4n) is 5.55. The number of rotatable bonds is 10. The highest BCUT2D eigenvalue weighted by atomic mass is 127. The number of thiazole rings is 1. The lowest BCUT2D eigenvalue weighted by molar-refractivity contribution is -0.138. The van der Waals surface area contributed by atoms with Gasteiger partial charge in [-0.2, -0.15) is 5.26 Å². The van der Waals surface area contributed by atoms with Crippen LogP contribution >= 0.6 is 56.5 Å². The molecule has 1 atom stereocenters. The highest BCUT2D eigenvalue weighted by molar-refractivity contribution is 14.1. The molecule has 4 aromatic carbocycles. The number of fused-ring (bicyclic) bond motifs is 1. The van der Waals surface area contributed by atoms with E-state index in [-0.39, 0.29) is 24.3 Å². The molecule has 0 saturated carbocycles. The number of hydrogen-bond acceptors (Lipinski definition) is 8.